The van der Waals surface area contributed by atoms with Crippen LogP contribution in [0.3, 0.4) is 0 Å². The first-order valence-corrected chi connectivity index (χ1v) is 7.04. The highest BCUT2D eigenvalue weighted by Crippen LogP contribution is 2.19. The lowest BCUT2D eigenvalue weighted by Crippen LogP contribution is -2.40. The third-order valence-corrected chi connectivity index (χ3v) is 3.70. The van der Waals surface area contributed by atoms with Crippen molar-refractivity contribution in [2.24, 2.45) is 11.7 Å². The molecule has 104 valence electrons. The second-order valence-electron chi connectivity index (χ2n) is 4.40. The van der Waals surface area contributed by atoms with Gasteiger partial charge in [-0.3, -0.25) is 4.79 Å². The van der Waals surface area contributed by atoms with E-state index in [-0.39, 0.29) is 23.1 Å². The monoisotopic (exact) mass is 376 g/mol. The van der Waals surface area contributed by atoms with Gasteiger partial charge in [-0.1, -0.05) is 20.3 Å². The minimum Gasteiger partial charge on any atom is -0.478 e. The maximum atomic E-state index is 11.9. The summed E-state index contributed by atoms with van der Waals surface area (Å²) in [7, 11) is 0. The van der Waals surface area contributed by atoms with E-state index in [1.807, 2.05) is 36.4 Å². The van der Waals surface area contributed by atoms with Crippen LogP contribution in [0.2, 0.25) is 0 Å². The fraction of sp³-hybridized carbons (Fsp3) is 0.385. The van der Waals surface area contributed by atoms with Crippen LogP contribution >= 0.6 is 22.6 Å². The van der Waals surface area contributed by atoms with Gasteiger partial charge in [0.25, 0.3) is 0 Å². The maximum absolute atomic E-state index is 11.9. The lowest BCUT2D eigenvalue weighted by molar-refractivity contribution is -0.118. The summed E-state index contributed by atoms with van der Waals surface area (Å²) in [5.74, 6) is -1.40. The third kappa shape index (κ3) is 4.17. The van der Waals surface area contributed by atoms with E-state index in [2.05, 4.69) is 5.32 Å². The molecule has 0 saturated heterocycles. The van der Waals surface area contributed by atoms with Gasteiger partial charge in [-0.2, -0.15) is 0 Å². The minimum atomic E-state index is -1.08. The van der Waals surface area contributed by atoms with Gasteiger partial charge < -0.3 is 16.2 Å². The lowest BCUT2D eigenvalue weighted by Gasteiger charge is -2.18. The summed E-state index contributed by atoms with van der Waals surface area (Å²) in [5, 5.41) is 11.7. The van der Waals surface area contributed by atoms with Crippen molar-refractivity contribution >= 4 is 40.2 Å². The number of halogens is 1. The van der Waals surface area contributed by atoms with Gasteiger partial charge in [0.1, 0.15) is 0 Å². The smallest absolute Gasteiger partial charge is 0.337 e. The Labute approximate surface area is 125 Å². The van der Waals surface area contributed by atoms with E-state index in [1.165, 1.54) is 6.07 Å². The van der Waals surface area contributed by atoms with Gasteiger partial charge >= 0.3 is 5.97 Å². The number of anilines is 1. The summed E-state index contributed by atoms with van der Waals surface area (Å²) in [6.07, 6.45) is 0.785. The maximum Gasteiger partial charge on any atom is 0.337 e. The second-order valence-corrected chi connectivity index (χ2v) is 5.64. The van der Waals surface area contributed by atoms with Crippen molar-refractivity contribution in [1.82, 2.24) is 0 Å². The van der Waals surface area contributed by atoms with Gasteiger partial charge in [-0.25, -0.2) is 4.79 Å². The zero-order valence-corrected chi connectivity index (χ0v) is 13.0. The minimum absolute atomic E-state index is 0.0390. The molecule has 6 heteroatoms. The van der Waals surface area contributed by atoms with Crippen molar-refractivity contribution in [1.29, 1.82) is 0 Å². The summed E-state index contributed by atoms with van der Waals surface area (Å²) in [5.41, 5.74) is 6.16. The van der Waals surface area contributed by atoms with Crippen LogP contribution < -0.4 is 11.1 Å². The molecule has 1 unspecified atom stereocenters. The first-order valence-electron chi connectivity index (χ1n) is 5.96. The van der Waals surface area contributed by atoms with Crippen molar-refractivity contribution in [2.75, 3.05) is 5.32 Å². The van der Waals surface area contributed by atoms with Crippen molar-refractivity contribution < 1.29 is 14.7 Å². The molecular weight excluding hydrogens is 359 g/mol. The number of benzene rings is 1. The average molecular weight is 376 g/mol. The van der Waals surface area contributed by atoms with E-state index in [0.717, 1.165) is 9.99 Å². The number of hydrogen-bond donors (Lipinski definition) is 3. The number of amides is 1. The Hall–Kier alpha value is -1.15. The van der Waals surface area contributed by atoms with Crippen LogP contribution in [0.5, 0.6) is 0 Å². The molecule has 1 aromatic carbocycles. The van der Waals surface area contributed by atoms with Crippen LogP contribution in [-0.2, 0) is 4.79 Å². The Morgan fingerprint density at radius 2 is 2.11 bits per heavy atom. The van der Waals surface area contributed by atoms with Crippen molar-refractivity contribution in [3.63, 3.8) is 0 Å². The molecule has 5 nitrogen and oxygen atoms in total. The SMILES string of the molecule is CCC(C)[C@H](N)C(=O)Nc1ccc(I)cc1C(=O)O. The number of nitrogens with two attached hydrogens (primary N) is 1. The molecular formula is C13H17IN2O3. The highest BCUT2D eigenvalue weighted by atomic mass is 127. The quantitative estimate of drug-likeness (QED) is 0.688. The molecule has 2 atom stereocenters. The van der Waals surface area contributed by atoms with E-state index in [0.29, 0.717) is 0 Å². The zero-order valence-electron chi connectivity index (χ0n) is 10.8. The van der Waals surface area contributed by atoms with E-state index in [9.17, 15) is 9.59 Å². The number of carboxylic acids is 1. The molecule has 0 spiro atoms. The first kappa shape index (κ1) is 15.9. The largest absolute Gasteiger partial charge is 0.478 e. The number of carbonyl (C=O) groups excluding carboxylic acids is 1. The molecule has 19 heavy (non-hydrogen) atoms. The molecule has 0 aliphatic rings. The van der Waals surface area contributed by atoms with Crippen LogP contribution in [0, 0.1) is 9.49 Å². The molecule has 0 aliphatic carbocycles. The van der Waals surface area contributed by atoms with E-state index in [4.69, 9.17) is 10.8 Å². The first-order chi connectivity index (χ1) is 8.86. The summed E-state index contributed by atoms with van der Waals surface area (Å²) in [4.78, 5) is 23.1. The molecule has 0 aliphatic heterocycles. The predicted octanol–water partition coefficient (Wildman–Crippen LogP) is 2.30. The van der Waals surface area contributed by atoms with Gasteiger partial charge in [-0.05, 0) is 46.7 Å². The molecule has 0 radical (unpaired) electrons. The number of hydrogen-bond acceptors (Lipinski definition) is 3. The van der Waals surface area contributed by atoms with Crippen LogP contribution in [-0.4, -0.2) is 23.0 Å². The van der Waals surface area contributed by atoms with Crippen molar-refractivity contribution in [2.45, 2.75) is 26.3 Å². The van der Waals surface area contributed by atoms with Crippen LogP contribution in [0.15, 0.2) is 18.2 Å². The molecule has 1 amide bonds. The highest BCUT2D eigenvalue weighted by Gasteiger charge is 2.21. The summed E-state index contributed by atoms with van der Waals surface area (Å²) >= 11 is 2.02. The summed E-state index contributed by atoms with van der Waals surface area (Å²) in [6, 6.07) is 4.17. The van der Waals surface area contributed by atoms with E-state index >= 15 is 0 Å². The van der Waals surface area contributed by atoms with E-state index < -0.39 is 12.0 Å². The summed E-state index contributed by atoms with van der Waals surface area (Å²) < 4.78 is 0.791. The molecule has 0 heterocycles. The van der Waals surface area contributed by atoms with E-state index in [1.54, 1.807) is 12.1 Å². The van der Waals surface area contributed by atoms with Crippen molar-refractivity contribution in [3.05, 3.63) is 27.3 Å². The van der Waals surface area contributed by atoms with Gasteiger partial charge in [0.15, 0.2) is 0 Å². The Bertz CT molecular complexity index is 491. The third-order valence-electron chi connectivity index (χ3n) is 3.03. The standard InChI is InChI=1S/C13H17IN2O3/c1-3-7(2)11(15)12(17)16-10-5-4-8(14)6-9(10)13(18)19/h4-7,11H,3,15H2,1-2H3,(H,16,17)(H,18,19)/t7?,11-/m0/s1. The zero-order chi connectivity index (χ0) is 14.6. The lowest BCUT2D eigenvalue weighted by atomic mass is 9.99. The number of rotatable bonds is 5. The number of carboxylic acid groups (broad SMARTS) is 1. The number of carbonyl (C=O) groups is 2. The Morgan fingerprint density at radius 1 is 1.47 bits per heavy atom. The number of aromatic carboxylic acids is 1. The van der Waals surface area contributed by atoms with Crippen LogP contribution in [0.1, 0.15) is 30.6 Å². The topological polar surface area (TPSA) is 92.4 Å². The molecule has 0 bridgehead atoms. The molecule has 0 aromatic heterocycles. The second kappa shape index (κ2) is 6.85. The Morgan fingerprint density at radius 3 is 2.63 bits per heavy atom. The van der Waals surface area contributed by atoms with Gasteiger partial charge in [-0.15, -0.1) is 0 Å². The molecule has 4 N–H and O–H groups in total. The van der Waals surface area contributed by atoms with Crippen LogP contribution in [0.4, 0.5) is 5.69 Å². The van der Waals surface area contributed by atoms with Gasteiger partial charge in [0, 0.05) is 3.57 Å². The fourth-order valence-electron chi connectivity index (χ4n) is 1.53. The average Bonchev–Trinajstić information content (AvgIpc) is 2.38. The molecule has 1 rings (SSSR count). The van der Waals surface area contributed by atoms with Crippen LogP contribution in [0.25, 0.3) is 0 Å². The molecule has 0 fully saturated rings. The molecule has 1 aromatic rings. The Balaban J connectivity index is 2.94. The highest BCUT2D eigenvalue weighted by molar-refractivity contribution is 14.1. The Kier molecular flexibility index (Phi) is 5.74. The predicted molar refractivity (Wildman–Crippen MR) is 82.2 cm³/mol. The molecule has 0 saturated carbocycles. The fourth-order valence-corrected chi connectivity index (χ4v) is 2.02. The summed E-state index contributed by atoms with van der Waals surface area (Å²) in [6.45, 7) is 3.83. The number of nitrogens with one attached hydrogen (secondary N) is 1. The van der Waals surface area contributed by atoms with Crippen molar-refractivity contribution in [3.8, 4) is 0 Å². The van der Waals surface area contributed by atoms with Gasteiger partial charge in [0.2, 0.25) is 5.91 Å². The van der Waals surface area contributed by atoms with Gasteiger partial charge in [0.05, 0.1) is 17.3 Å². The normalized spacial score (nSPS) is 13.7.